The monoisotopic (exact) mass is 393 g/mol. The molecule has 0 spiro atoms. The minimum Gasteiger partial charge on any atom is -0.508 e. The van der Waals surface area contributed by atoms with Crippen molar-refractivity contribution in [2.75, 3.05) is 13.1 Å². The maximum atomic E-state index is 11.6. The standard InChI is InChI=1S/C23H23NO5/c25-16-7-5-14(6-8-16)19-11-15-9-10-24(21(23(28)29)12-22(26)27)13-20(15)18-4-2-1-3-17(18)19/h1-8,12,15,19-20,25H,9-11,13H2,(H,26,27)(H,28,29). The zero-order valence-corrected chi connectivity index (χ0v) is 15.9. The molecule has 0 bridgehead atoms. The molecular weight excluding hydrogens is 370 g/mol. The number of carboxylic acids is 2. The molecule has 1 aliphatic heterocycles. The van der Waals surface area contributed by atoms with Crippen LogP contribution >= 0.6 is 0 Å². The molecule has 0 aromatic heterocycles. The molecule has 4 rings (SSSR count). The summed E-state index contributed by atoms with van der Waals surface area (Å²) in [7, 11) is 0. The smallest absolute Gasteiger partial charge is 0.352 e. The third kappa shape index (κ3) is 3.70. The van der Waals surface area contributed by atoms with E-state index in [-0.39, 0.29) is 23.3 Å². The summed E-state index contributed by atoms with van der Waals surface area (Å²) < 4.78 is 0. The molecule has 2 aliphatic rings. The molecule has 0 saturated carbocycles. The number of phenols is 1. The van der Waals surface area contributed by atoms with Crippen LogP contribution < -0.4 is 0 Å². The quantitative estimate of drug-likeness (QED) is 0.689. The van der Waals surface area contributed by atoms with Gasteiger partial charge in [0.1, 0.15) is 11.4 Å². The van der Waals surface area contributed by atoms with Crippen LogP contribution in [0.2, 0.25) is 0 Å². The number of carbonyl (C=O) groups is 2. The van der Waals surface area contributed by atoms with Crippen molar-refractivity contribution in [3.05, 3.63) is 77.0 Å². The summed E-state index contributed by atoms with van der Waals surface area (Å²) in [6.45, 7) is 1.02. The lowest BCUT2D eigenvalue weighted by Crippen LogP contribution is -2.43. The van der Waals surface area contributed by atoms with Gasteiger partial charge in [0.2, 0.25) is 0 Å². The van der Waals surface area contributed by atoms with E-state index < -0.39 is 11.9 Å². The predicted octanol–water partition coefficient (Wildman–Crippen LogP) is 3.39. The minimum atomic E-state index is -1.25. The molecule has 3 N–H and O–H groups in total. The van der Waals surface area contributed by atoms with Crippen LogP contribution in [0.4, 0.5) is 0 Å². The summed E-state index contributed by atoms with van der Waals surface area (Å²) in [6, 6.07) is 15.6. The van der Waals surface area contributed by atoms with E-state index in [0.717, 1.165) is 24.5 Å². The Morgan fingerprint density at radius 2 is 1.69 bits per heavy atom. The Bertz CT molecular complexity index is 965. The van der Waals surface area contributed by atoms with Crippen LogP contribution in [0.15, 0.2) is 60.3 Å². The number of carboxylic acid groups (broad SMARTS) is 2. The van der Waals surface area contributed by atoms with Gasteiger partial charge in [-0.3, -0.25) is 0 Å². The van der Waals surface area contributed by atoms with E-state index in [4.69, 9.17) is 5.11 Å². The molecule has 1 fully saturated rings. The summed E-state index contributed by atoms with van der Waals surface area (Å²) in [5.41, 5.74) is 3.43. The number of aromatic hydroxyl groups is 1. The molecule has 6 nitrogen and oxygen atoms in total. The van der Waals surface area contributed by atoms with E-state index >= 15 is 0 Å². The van der Waals surface area contributed by atoms with Gasteiger partial charge in [-0.05, 0) is 47.6 Å². The molecule has 1 aliphatic carbocycles. The Balaban J connectivity index is 1.68. The summed E-state index contributed by atoms with van der Waals surface area (Å²) >= 11 is 0. The largest absolute Gasteiger partial charge is 0.508 e. The lowest BCUT2D eigenvalue weighted by molar-refractivity contribution is -0.136. The zero-order valence-electron chi connectivity index (χ0n) is 15.9. The fourth-order valence-electron chi connectivity index (χ4n) is 4.88. The van der Waals surface area contributed by atoms with E-state index in [1.54, 1.807) is 17.0 Å². The second-order valence-corrected chi connectivity index (χ2v) is 7.78. The lowest BCUT2D eigenvalue weighted by atomic mass is 9.66. The maximum Gasteiger partial charge on any atom is 0.352 e. The van der Waals surface area contributed by atoms with Gasteiger partial charge in [-0.25, -0.2) is 9.59 Å². The van der Waals surface area contributed by atoms with Gasteiger partial charge in [-0.1, -0.05) is 36.4 Å². The molecule has 29 heavy (non-hydrogen) atoms. The van der Waals surface area contributed by atoms with Gasteiger partial charge in [0.05, 0.1) is 6.08 Å². The summed E-state index contributed by atoms with van der Waals surface area (Å²) in [5.74, 6) is -1.44. The Morgan fingerprint density at radius 1 is 1.00 bits per heavy atom. The molecule has 150 valence electrons. The molecule has 3 unspecified atom stereocenters. The molecule has 2 aromatic carbocycles. The Labute approximate surface area is 168 Å². The third-order valence-electron chi connectivity index (χ3n) is 6.18. The highest BCUT2D eigenvalue weighted by Crippen LogP contribution is 2.49. The van der Waals surface area contributed by atoms with Crippen LogP contribution in [0, 0.1) is 5.92 Å². The van der Waals surface area contributed by atoms with Gasteiger partial charge in [-0.2, -0.15) is 0 Å². The highest BCUT2D eigenvalue weighted by Gasteiger charge is 2.40. The average molecular weight is 393 g/mol. The first-order valence-electron chi connectivity index (χ1n) is 9.74. The fraction of sp³-hybridized carbons (Fsp3) is 0.304. The van der Waals surface area contributed by atoms with E-state index in [9.17, 15) is 19.8 Å². The number of likely N-dealkylation sites (tertiary alicyclic amines) is 1. The zero-order chi connectivity index (χ0) is 20.5. The number of fused-ring (bicyclic) bond motifs is 3. The lowest BCUT2D eigenvalue weighted by Gasteiger charge is -2.45. The molecule has 3 atom stereocenters. The van der Waals surface area contributed by atoms with Crippen molar-refractivity contribution < 1.29 is 24.9 Å². The van der Waals surface area contributed by atoms with Crippen molar-refractivity contribution in [1.29, 1.82) is 0 Å². The molecular formula is C23H23NO5. The Kier molecular flexibility index (Phi) is 5.01. The molecule has 1 saturated heterocycles. The number of hydrogen-bond donors (Lipinski definition) is 3. The van der Waals surface area contributed by atoms with Crippen molar-refractivity contribution in [3.8, 4) is 5.75 Å². The van der Waals surface area contributed by atoms with Crippen LogP contribution in [-0.2, 0) is 9.59 Å². The normalized spacial score (nSPS) is 23.8. The van der Waals surface area contributed by atoms with E-state index in [0.29, 0.717) is 19.0 Å². The third-order valence-corrected chi connectivity index (χ3v) is 6.18. The van der Waals surface area contributed by atoms with Gasteiger partial charge in [-0.15, -0.1) is 0 Å². The number of phenolic OH excluding ortho intramolecular Hbond substituents is 1. The van der Waals surface area contributed by atoms with Crippen LogP contribution in [0.25, 0.3) is 0 Å². The van der Waals surface area contributed by atoms with E-state index in [1.165, 1.54) is 11.1 Å². The average Bonchev–Trinajstić information content (AvgIpc) is 2.71. The first-order valence-corrected chi connectivity index (χ1v) is 9.74. The number of aliphatic carboxylic acids is 2. The molecule has 6 heteroatoms. The number of hydrogen-bond acceptors (Lipinski definition) is 4. The molecule has 0 radical (unpaired) electrons. The van der Waals surface area contributed by atoms with Crippen molar-refractivity contribution in [3.63, 3.8) is 0 Å². The maximum absolute atomic E-state index is 11.6. The van der Waals surface area contributed by atoms with Gasteiger partial charge >= 0.3 is 11.9 Å². The molecule has 1 heterocycles. The van der Waals surface area contributed by atoms with Gasteiger partial charge in [0, 0.05) is 24.9 Å². The van der Waals surface area contributed by atoms with Crippen molar-refractivity contribution in [1.82, 2.24) is 4.90 Å². The van der Waals surface area contributed by atoms with Crippen LogP contribution in [0.5, 0.6) is 5.75 Å². The first kappa shape index (κ1) is 19.1. The van der Waals surface area contributed by atoms with Crippen molar-refractivity contribution >= 4 is 11.9 Å². The first-order chi connectivity index (χ1) is 13.9. The Hall–Kier alpha value is -3.28. The number of nitrogens with zero attached hydrogens (tertiary/aromatic N) is 1. The van der Waals surface area contributed by atoms with Gasteiger partial charge in [0.15, 0.2) is 0 Å². The fourth-order valence-corrected chi connectivity index (χ4v) is 4.88. The van der Waals surface area contributed by atoms with Crippen LogP contribution in [-0.4, -0.2) is 45.2 Å². The van der Waals surface area contributed by atoms with E-state index in [2.05, 4.69) is 12.1 Å². The molecule has 2 aromatic rings. The van der Waals surface area contributed by atoms with Crippen LogP contribution in [0.1, 0.15) is 41.4 Å². The number of benzene rings is 2. The summed E-state index contributed by atoms with van der Waals surface area (Å²) in [4.78, 5) is 24.4. The number of piperidine rings is 1. The van der Waals surface area contributed by atoms with Gasteiger partial charge < -0.3 is 20.2 Å². The van der Waals surface area contributed by atoms with Crippen LogP contribution in [0.3, 0.4) is 0 Å². The SMILES string of the molecule is O=C(O)C=C(C(=O)O)N1CCC2CC(c3ccc(O)cc3)c3ccccc3C2C1. The highest BCUT2D eigenvalue weighted by atomic mass is 16.4. The topological polar surface area (TPSA) is 98.1 Å². The Morgan fingerprint density at radius 3 is 2.34 bits per heavy atom. The second kappa shape index (κ2) is 7.62. The molecule has 0 amide bonds. The number of rotatable bonds is 4. The van der Waals surface area contributed by atoms with E-state index in [1.807, 2.05) is 24.3 Å². The summed E-state index contributed by atoms with van der Waals surface area (Å²) in [6.07, 6.45) is 2.54. The predicted molar refractivity (Wildman–Crippen MR) is 107 cm³/mol. The summed E-state index contributed by atoms with van der Waals surface area (Å²) in [5, 5.41) is 28.2. The second-order valence-electron chi connectivity index (χ2n) is 7.78. The van der Waals surface area contributed by atoms with Gasteiger partial charge in [0.25, 0.3) is 0 Å². The van der Waals surface area contributed by atoms with Crippen molar-refractivity contribution in [2.24, 2.45) is 5.92 Å². The minimum absolute atomic E-state index is 0.157. The highest BCUT2D eigenvalue weighted by molar-refractivity contribution is 5.94. The van der Waals surface area contributed by atoms with Crippen molar-refractivity contribution in [2.45, 2.75) is 24.7 Å².